The van der Waals surface area contributed by atoms with Gasteiger partial charge in [0.05, 0.1) is 17.2 Å². The van der Waals surface area contributed by atoms with Crippen molar-refractivity contribution < 1.29 is 0 Å². The van der Waals surface area contributed by atoms with E-state index in [9.17, 15) is 0 Å². The van der Waals surface area contributed by atoms with Gasteiger partial charge in [-0.3, -0.25) is 9.38 Å². The number of pyridine rings is 1. The normalized spacial score (nSPS) is 16.3. The highest BCUT2D eigenvalue weighted by atomic mass is 15.2. The molecule has 4 heterocycles. The maximum Gasteiger partial charge on any atom is 0.236 e. The Labute approximate surface area is 110 Å². The molecule has 1 fully saturated rings. The number of hydrogen-bond donors (Lipinski definition) is 0. The van der Waals surface area contributed by atoms with Crippen LogP contribution in [0.1, 0.15) is 19.3 Å². The van der Waals surface area contributed by atoms with E-state index in [2.05, 4.69) is 25.9 Å². The van der Waals surface area contributed by atoms with Gasteiger partial charge in [0, 0.05) is 25.5 Å². The minimum absolute atomic E-state index is 0.756. The lowest BCUT2D eigenvalue weighted by molar-refractivity contribution is 0.573. The molecule has 3 aromatic heterocycles. The molecule has 0 aliphatic carbocycles. The summed E-state index contributed by atoms with van der Waals surface area (Å²) in [6.45, 7) is 2.20. The van der Waals surface area contributed by atoms with Gasteiger partial charge in [-0.25, -0.2) is 4.98 Å². The molecule has 1 aliphatic heterocycles. The van der Waals surface area contributed by atoms with Gasteiger partial charge in [-0.2, -0.15) is 4.98 Å². The van der Waals surface area contributed by atoms with Crippen LogP contribution in [0.15, 0.2) is 30.7 Å². The molecule has 0 bridgehead atoms. The van der Waals surface area contributed by atoms with Crippen molar-refractivity contribution in [3.05, 3.63) is 30.7 Å². The molecule has 96 valence electrons. The molecular weight excluding hydrogens is 238 g/mol. The van der Waals surface area contributed by atoms with Gasteiger partial charge in [0.25, 0.3) is 0 Å². The molecule has 1 saturated heterocycles. The number of anilines is 1. The topological polar surface area (TPSA) is 46.3 Å². The van der Waals surface area contributed by atoms with Gasteiger partial charge in [-0.1, -0.05) is 0 Å². The van der Waals surface area contributed by atoms with Gasteiger partial charge < -0.3 is 4.90 Å². The molecule has 0 radical (unpaired) electrons. The quantitative estimate of drug-likeness (QED) is 0.667. The molecule has 5 heteroatoms. The zero-order chi connectivity index (χ0) is 12.7. The van der Waals surface area contributed by atoms with Crippen LogP contribution >= 0.6 is 0 Å². The zero-order valence-corrected chi connectivity index (χ0v) is 10.7. The van der Waals surface area contributed by atoms with Crippen molar-refractivity contribution in [3.8, 4) is 0 Å². The molecule has 0 saturated carbocycles. The minimum atomic E-state index is 0.756. The number of aromatic nitrogens is 4. The summed E-state index contributed by atoms with van der Waals surface area (Å²) >= 11 is 0. The highest BCUT2D eigenvalue weighted by molar-refractivity contribution is 5.78. The van der Waals surface area contributed by atoms with Gasteiger partial charge in [0.2, 0.25) is 5.78 Å². The van der Waals surface area contributed by atoms with Crippen LogP contribution in [0.3, 0.4) is 0 Å². The van der Waals surface area contributed by atoms with E-state index >= 15 is 0 Å². The summed E-state index contributed by atoms with van der Waals surface area (Å²) in [6, 6.07) is 4.00. The van der Waals surface area contributed by atoms with Crippen LogP contribution < -0.4 is 4.90 Å². The first-order valence-corrected chi connectivity index (χ1v) is 6.75. The highest BCUT2D eigenvalue weighted by Crippen LogP contribution is 2.20. The molecule has 1 aliphatic rings. The Balaban J connectivity index is 1.84. The van der Waals surface area contributed by atoms with Crippen LogP contribution in [0.5, 0.6) is 0 Å². The second-order valence-electron chi connectivity index (χ2n) is 4.98. The molecule has 0 aromatic carbocycles. The van der Waals surface area contributed by atoms with Crippen molar-refractivity contribution in [1.29, 1.82) is 0 Å². The van der Waals surface area contributed by atoms with E-state index in [1.54, 1.807) is 6.20 Å². The summed E-state index contributed by atoms with van der Waals surface area (Å²) in [6.07, 6.45) is 9.49. The molecule has 5 nitrogen and oxygen atoms in total. The molecule has 0 spiro atoms. The summed E-state index contributed by atoms with van der Waals surface area (Å²) < 4.78 is 2.00. The van der Waals surface area contributed by atoms with E-state index in [1.807, 2.05) is 22.9 Å². The third-order valence-corrected chi connectivity index (χ3v) is 3.74. The van der Waals surface area contributed by atoms with Gasteiger partial charge in [-0.05, 0) is 31.4 Å². The molecule has 19 heavy (non-hydrogen) atoms. The van der Waals surface area contributed by atoms with E-state index < -0.39 is 0 Å². The molecule has 0 unspecified atom stereocenters. The van der Waals surface area contributed by atoms with Gasteiger partial charge in [0.1, 0.15) is 5.82 Å². The number of rotatable bonds is 1. The summed E-state index contributed by atoms with van der Waals surface area (Å²) in [5.74, 6) is 1.79. The average molecular weight is 253 g/mol. The van der Waals surface area contributed by atoms with E-state index in [0.29, 0.717) is 0 Å². The molecule has 0 N–H and O–H groups in total. The fourth-order valence-corrected chi connectivity index (χ4v) is 2.73. The Morgan fingerprint density at radius 3 is 2.79 bits per heavy atom. The standard InChI is InChI=1S/C14H15N5/c1-2-7-18(8-3-1)13-5-9-19-12-10-15-6-4-11(12)16-14(19)17-13/h4-6,9-10H,1-3,7-8H2. The summed E-state index contributed by atoms with van der Waals surface area (Å²) in [5, 5.41) is 0. The van der Waals surface area contributed by atoms with Crippen LogP contribution in [0.2, 0.25) is 0 Å². The van der Waals surface area contributed by atoms with Gasteiger partial charge >= 0.3 is 0 Å². The predicted octanol–water partition coefficient (Wildman–Crippen LogP) is 2.27. The largest absolute Gasteiger partial charge is 0.356 e. The van der Waals surface area contributed by atoms with E-state index in [0.717, 1.165) is 35.7 Å². The SMILES string of the molecule is c1cc2nc3nc(N4CCCCC4)ccn3c2cn1. The Bertz CT molecular complexity index is 727. The Hall–Kier alpha value is -2.17. The van der Waals surface area contributed by atoms with Crippen molar-refractivity contribution in [2.45, 2.75) is 19.3 Å². The minimum Gasteiger partial charge on any atom is -0.356 e. The summed E-state index contributed by atoms with van der Waals surface area (Å²) in [5.41, 5.74) is 1.95. The molecule has 3 aromatic rings. The molecule has 4 rings (SSSR count). The summed E-state index contributed by atoms with van der Waals surface area (Å²) in [7, 11) is 0. The van der Waals surface area contributed by atoms with Crippen molar-refractivity contribution >= 4 is 22.6 Å². The van der Waals surface area contributed by atoms with Gasteiger partial charge in [0.15, 0.2) is 0 Å². The molecule has 0 amide bonds. The Kier molecular flexibility index (Phi) is 2.36. The first-order chi connectivity index (χ1) is 9.42. The third kappa shape index (κ3) is 1.73. The third-order valence-electron chi connectivity index (χ3n) is 3.74. The highest BCUT2D eigenvalue weighted by Gasteiger charge is 2.13. The van der Waals surface area contributed by atoms with Gasteiger partial charge in [-0.15, -0.1) is 0 Å². The number of nitrogens with zero attached hydrogens (tertiary/aromatic N) is 5. The van der Waals surface area contributed by atoms with E-state index in [1.165, 1.54) is 19.3 Å². The zero-order valence-electron chi connectivity index (χ0n) is 10.7. The lowest BCUT2D eigenvalue weighted by atomic mass is 10.1. The first-order valence-electron chi connectivity index (χ1n) is 6.75. The number of piperidine rings is 1. The maximum absolute atomic E-state index is 4.69. The average Bonchev–Trinajstić information content (AvgIpc) is 2.86. The van der Waals surface area contributed by atoms with Crippen LogP contribution in [-0.4, -0.2) is 32.4 Å². The van der Waals surface area contributed by atoms with Crippen LogP contribution in [0.4, 0.5) is 5.82 Å². The predicted molar refractivity (Wildman–Crippen MR) is 74.4 cm³/mol. The van der Waals surface area contributed by atoms with E-state index in [-0.39, 0.29) is 0 Å². The monoisotopic (exact) mass is 253 g/mol. The summed E-state index contributed by atoms with van der Waals surface area (Å²) in [4.78, 5) is 15.7. The van der Waals surface area contributed by atoms with E-state index in [4.69, 9.17) is 0 Å². The van der Waals surface area contributed by atoms with Crippen molar-refractivity contribution in [1.82, 2.24) is 19.4 Å². The van der Waals surface area contributed by atoms with Crippen molar-refractivity contribution in [2.24, 2.45) is 0 Å². The van der Waals surface area contributed by atoms with Crippen molar-refractivity contribution in [2.75, 3.05) is 18.0 Å². The lowest BCUT2D eigenvalue weighted by Gasteiger charge is -2.27. The Morgan fingerprint density at radius 1 is 1.00 bits per heavy atom. The first kappa shape index (κ1) is 10.7. The Morgan fingerprint density at radius 2 is 1.89 bits per heavy atom. The van der Waals surface area contributed by atoms with Crippen LogP contribution in [0, 0.1) is 0 Å². The fourth-order valence-electron chi connectivity index (χ4n) is 2.73. The molecular formula is C14H15N5. The number of imidazole rings is 1. The fraction of sp³-hybridized carbons (Fsp3) is 0.357. The number of fused-ring (bicyclic) bond motifs is 3. The lowest BCUT2D eigenvalue weighted by Crippen LogP contribution is -2.30. The second kappa shape index (κ2) is 4.19. The molecule has 0 atom stereocenters. The maximum atomic E-state index is 4.69. The number of hydrogen-bond acceptors (Lipinski definition) is 4. The van der Waals surface area contributed by atoms with Crippen LogP contribution in [-0.2, 0) is 0 Å². The van der Waals surface area contributed by atoms with Crippen molar-refractivity contribution in [3.63, 3.8) is 0 Å². The van der Waals surface area contributed by atoms with Crippen LogP contribution in [0.25, 0.3) is 16.8 Å². The second-order valence-corrected chi connectivity index (χ2v) is 4.98. The smallest absolute Gasteiger partial charge is 0.236 e.